The predicted molar refractivity (Wildman–Crippen MR) is 80.7 cm³/mol. The van der Waals surface area contributed by atoms with Gasteiger partial charge in [0.2, 0.25) is 0 Å². The van der Waals surface area contributed by atoms with E-state index in [1.807, 2.05) is 25.1 Å². The zero-order valence-corrected chi connectivity index (χ0v) is 12.6. The van der Waals surface area contributed by atoms with Crippen LogP contribution in [0.2, 0.25) is 0 Å². The molecule has 1 aromatic carbocycles. The molecule has 0 aliphatic carbocycles. The number of rotatable bonds is 6. The van der Waals surface area contributed by atoms with Gasteiger partial charge in [-0.2, -0.15) is 5.26 Å². The Balaban J connectivity index is 2.14. The summed E-state index contributed by atoms with van der Waals surface area (Å²) in [6.45, 7) is 5.86. The van der Waals surface area contributed by atoms with E-state index in [0.717, 1.165) is 40.6 Å². The lowest BCUT2D eigenvalue weighted by Crippen LogP contribution is -2.13. The monoisotopic (exact) mass is 286 g/mol. The van der Waals surface area contributed by atoms with Crippen molar-refractivity contribution in [3.8, 4) is 6.07 Å². The van der Waals surface area contributed by atoms with Crippen molar-refractivity contribution in [3.63, 3.8) is 0 Å². The molecule has 4 heteroatoms. The van der Waals surface area contributed by atoms with Gasteiger partial charge in [-0.3, -0.25) is 0 Å². The number of nitrogens with zero attached hydrogens (tertiary/aromatic N) is 1. The Morgan fingerprint density at radius 3 is 2.80 bits per heavy atom. The molecule has 1 N–H and O–H groups in total. The largest absolute Gasteiger partial charge is 0.468 e. The summed E-state index contributed by atoms with van der Waals surface area (Å²) in [5.41, 5.74) is 1.86. The second-order valence-electron chi connectivity index (χ2n) is 4.56. The first-order valence-corrected chi connectivity index (χ1v) is 7.52. The fourth-order valence-corrected chi connectivity index (χ4v) is 2.77. The van der Waals surface area contributed by atoms with Crippen molar-refractivity contribution < 1.29 is 4.42 Å². The molecule has 0 bridgehead atoms. The molecular weight excluding hydrogens is 268 g/mol. The molecule has 0 radical (unpaired) electrons. The van der Waals surface area contributed by atoms with Crippen molar-refractivity contribution in [2.45, 2.75) is 36.6 Å². The third-order valence-electron chi connectivity index (χ3n) is 2.95. The van der Waals surface area contributed by atoms with E-state index in [1.54, 1.807) is 18.0 Å². The highest BCUT2D eigenvalue weighted by molar-refractivity contribution is 7.99. The van der Waals surface area contributed by atoms with Crippen LogP contribution < -0.4 is 5.32 Å². The molecule has 0 unspecified atom stereocenters. The number of nitrogens with one attached hydrogen (secondary N) is 1. The molecule has 0 amide bonds. The van der Waals surface area contributed by atoms with Gasteiger partial charge < -0.3 is 9.73 Å². The molecule has 1 aromatic heterocycles. The Labute approximate surface area is 124 Å². The van der Waals surface area contributed by atoms with E-state index in [1.165, 1.54) is 0 Å². The SMILES string of the molecule is CCCNCc1ccc(Sc2ccoc2C)c(C#N)c1. The number of aryl methyl sites for hydroxylation is 1. The third-order valence-corrected chi connectivity index (χ3v) is 4.17. The zero-order valence-electron chi connectivity index (χ0n) is 11.8. The first kappa shape index (κ1) is 14.7. The number of hydrogen-bond acceptors (Lipinski definition) is 4. The Bertz CT molecular complexity index is 613. The van der Waals surface area contributed by atoms with Crippen LogP contribution in [0.3, 0.4) is 0 Å². The van der Waals surface area contributed by atoms with E-state index in [2.05, 4.69) is 24.4 Å². The molecule has 3 nitrogen and oxygen atoms in total. The van der Waals surface area contributed by atoms with Crippen molar-refractivity contribution in [1.29, 1.82) is 5.26 Å². The van der Waals surface area contributed by atoms with Crippen LogP contribution in [0.15, 0.2) is 44.7 Å². The van der Waals surface area contributed by atoms with Gasteiger partial charge in [0.25, 0.3) is 0 Å². The van der Waals surface area contributed by atoms with E-state index in [0.29, 0.717) is 5.56 Å². The lowest BCUT2D eigenvalue weighted by Gasteiger charge is -2.07. The Kier molecular flexibility index (Phi) is 5.28. The topological polar surface area (TPSA) is 49.0 Å². The number of benzene rings is 1. The van der Waals surface area contributed by atoms with Gasteiger partial charge >= 0.3 is 0 Å². The van der Waals surface area contributed by atoms with Crippen molar-refractivity contribution in [2.75, 3.05) is 6.54 Å². The molecule has 0 fully saturated rings. The summed E-state index contributed by atoms with van der Waals surface area (Å²) in [4.78, 5) is 2.02. The average Bonchev–Trinajstić information content (AvgIpc) is 2.86. The minimum absolute atomic E-state index is 0.714. The zero-order chi connectivity index (χ0) is 14.4. The second-order valence-corrected chi connectivity index (χ2v) is 5.65. The van der Waals surface area contributed by atoms with E-state index in [4.69, 9.17) is 4.42 Å². The van der Waals surface area contributed by atoms with E-state index >= 15 is 0 Å². The summed E-state index contributed by atoms with van der Waals surface area (Å²) in [5, 5.41) is 12.7. The van der Waals surface area contributed by atoms with Gasteiger partial charge in [-0.25, -0.2) is 0 Å². The lowest BCUT2D eigenvalue weighted by atomic mass is 10.1. The highest BCUT2D eigenvalue weighted by Crippen LogP contribution is 2.33. The first-order valence-electron chi connectivity index (χ1n) is 6.70. The number of furan rings is 1. The summed E-state index contributed by atoms with van der Waals surface area (Å²) in [6.07, 6.45) is 2.78. The van der Waals surface area contributed by atoms with Crippen LogP contribution in [0.1, 0.15) is 30.2 Å². The highest BCUT2D eigenvalue weighted by atomic mass is 32.2. The van der Waals surface area contributed by atoms with Crippen LogP contribution in [-0.4, -0.2) is 6.54 Å². The van der Waals surface area contributed by atoms with E-state index in [-0.39, 0.29) is 0 Å². The Morgan fingerprint density at radius 1 is 1.30 bits per heavy atom. The molecule has 20 heavy (non-hydrogen) atoms. The maximum absolute atomic E-state index is 9.31. The molecule has 2 rings (SSSR count). The van der Waals surface area contributed by atoms with Gasteiger partial charge in [-0.05, 0) is 43.7 Å². The molecule has 0 saturated heterocycles. The van der Waals surface area contributed by atoms with Crippen LogP contribution in [0.25, 0.3) is 0 Å². The standard InChI is InChI=1S/C16H18N2OS/c1-3-7-18-11-13-4-5-16(14(9-13)10-17)20-15-6-8-19-12(15)2/h4-6,8-9,18H,3,7,11H2,1-2H3. The molecule has 2 aromatic rings. The minimum atomic E-state index is 0.714. The Hall–Kier alpha value is -1.70. The molecule has 0 spiro atoms. The van der Waals surface area contributed by atoms with Crippen LogP contribution in [0, 0.1) is 18.3 Å². The summed E-state index contributed by atoms with van der Waals surface area (Å²) < 4.78 is 5.29. The van der Waals surface area contributed by atoms with Crippen molar-refractivity contribution in [2.24, 2.45) is 0 Å². The molecule has 0 aliphatic heterocycles. The van der Waals surface area contributed by atoms with Crippen LogP contribution in [0.5, 0.6) is 0 Å². The van der Waals surface area contributed by atoms with Crippen molar-refractivity contribution in [3.05, 3.63) is 47.4 Å². The summed E-state index contributed by atoms with van der Waals surface area (Å²) in [6, 6.07) is 10.2. The normalized spacial score (nSPS) is 10.4. The molecule has 104 valence electrons. The smallest absolute Gasteiger partial charge is 0.114 e. The van der Waals surface area contributed by atoms with Gasteiger partial charge in [-0.1, -0.05) is 24.8 Å². The van der Waals surface area contributed by atoms with Crippen LogP contribution >= 0.6 is 11.8 Å². The second kappa shape index (κ2) is 7.18. The number of nitriles is 1. The van der Waals surface area contributed by atoms with Gasteiger partial charge in [0, 0.05) is 11.4 Å². The van der Waals surface area contributed by atoms with Crippen molar-refractivity contribution in [1.82, 2.24) is 5.32 Å². The van der Waals surface area contributed by atoms with E-state index in [9.17, 15) is 5.26 Å². The maximum atomic E-state index is 9.31. The fourth-order valence-electron chi connectivity index (χ4n) is 1.87. The van der Waals surface area contributed by atoms with Crippen LogP contribution in [0.4, 0.5) is 0 Å². The predicted octanol–water partition coefficient (Wildman–Crippen LogP) is 4.11. The fraction of sp³-hybridized carbons (Fsp3) is 0.312. The molecule has 0 aliphatic rings. The average molecular weight is 286 g/mol. The van der Waals surface area contributed by atoms with Gasteiger partial charge in [0.05, 0.1) is 16.7 Å². The van der Waals surface area contributed by atoms with Crippen LogP contribution in [-0.2, 0) is 6.54 Å². The van der Waals surface area contributed by atoms with Gasteiger partial charge in [0.15, 0.2) is 0 Å². The first-order chi connectivity index (χ1) is 9.74. The lowest BCUT2D eigenvalue weighted by molar-refractivity contribution is 0.527. The van der Waals surface area contributed by atoms with E-state index < -0.39 is 0 Å². The third kappa shape index (κ3) is 3.66. The molecule has 0 saturated carbocycles. The molecule has 0 atom stereocenters. The van der Waals surface area contributed by atoms with Gasteiger partial charge in [-0.15, -0.1) is 0 Å². The maximum Gasteiger partial charge on any atom is 0.114 e. The molecule has 1 heterocycles. The van der Waals surface area contributed by atoms with Crippen molar-refractivity contribution >= 4 is 11.8 Å². The summed E-state index contributed by atoms with van der Waals surface area (Å²) in [7, 11) is 0. The van der Waals surface area contributed by atoms with Gasteiger partial charge in [0.1, 0.15) is 11.8 Å². The minimum Gasteiger partial charge on any atom is -0.468 e. The summed E-state index contributed by atoms with van der Waals surface area (Å²) in [5.74, 6) is 0.882. The quantitative estimate of drug-likeness (QED) is 0.812. The highest BCUT2D eigenvalue weighted by Gasteiger charge is 2.09. The number of hydrogen-bond donors (Lipinski definition) is 1. The Morgan fingerprint density at radius 2 is 2.15 bits per heavy atom. The molecular formula is C16H18N2OS. The summed E-state index contributed by atoms with van der Waals surface area (Å²) >= 11 is 1.57.